The Labute approximate surface area is 104 Å². The van der Waals surface area contributed by atoms with E-state index in [1.54, 1.807) is 12.1 Å². The molecule has 1 rings (SSSR count). The van der Waals surface area contributed by atoms with Gasteiger partial charge in [-0.1, -0.05) is 39.3 Å². The third-order valence-electron chi connectivity index (χ3n) is 2.57. The first-order valence-corrected chi connectivity index (χ1v) is 7.37. The van der Waals surface area contributed by atoms with Crippen LogP contribution in [0.2, 0.25) is 0 Å². The summed E-state index contributed by atoms with van der Waals surface area (Å²) in [7, 11) is -3.57. The molecule has 96 valence electrons. The monoisotopic (exact) mass is 256 g/mol. The van der Waals surface area contributed by atoms with Crippen LogP contribution in [0.25, 0.3) is 0 Å². The molecule has 0 atom stereocenters. The Morgan fingerprint density at radius 1 is 1.18 bits per heavy atom. The van der Waals surface area contributed by atoms with E-state index in [0.717, 1.165) is 18.4 Å². The van der Waals surface area contributed by atoms with Crippen LogP contribution in [-0.2, 0) is 14.3 Å². The van der Waals surface area contributed by atoms with Gasteiger partial charge >= 0.3 is 0 Å². The highest BCUT2D eigenvalue weighted by Gasteiger charge is 2.14. The van der Waals surface area contributed by atoms with E-state index in [1.807, 2.05) is 19.1 Å². The lowest BCUT2D eigenvalue weighted by atomic mass is 10.0. The van der Waals surface area contributed by atoms with Gasteiger partial charge < -0.3 is 0 Å². The molecule has 0 spiro atoms. The molecule has 0 aromatic heterocycles. The Bertz CT molecular complexity index is 432. The molecule has 0 bridgehead atoms. The summed E-state index contributed by atoms with van der Waals surface area (Å²) < 4.78 is 28.5. The summed E-state index contributed by atoms with van der Waals surface area (Å²) in [6.45, 7) is 6.39. The average Bonchev–Trinajstić information content (AvgIpc) is 2.29. The van der Waals surface area contributed by atoms with Crippen molar-refractivity contribution in [2.24, 2.45) is 0 Å². The largest absolute Gasteiger partial charge is 0.296 e. The zero-order chi connectivity index (χ0) is 12.9. The van der Waals surface area contributed by atoms with E-state index in [2.05, 4.69) is 13.8 Å². The van der Waals surface area contributed by atoms with Crippen LogP contribution >= 0.6 is 0 Å². The topological polar surface area (TPSA) is 43.4 Å². The first-order chi connectivity index (χ1) is 7.97. The first kappa shape index (κ1) is 14.2. The van der Waals surface area contributed by atoms with Crippen molar-refractivity contribution in [2.75, 3.05) is 6.61 Å². The Balaban J connectivity index is 2.78. The van der Waals surface area contributed by atoms with E-state index in [0.29, 0.717) is 5.92 Å². The van der Waals surface area contributed by atoms with Gasteiger partial charge in [0.05, 0.1) is 11.5 Å². The molecular weight excluding hydrogens is 236 g/mol. The molecule has 1 aromatic rings. The van der Waals surface area contributed by atoms with Gasteiger partial charge in [-0.2, -0.15) is 8.42 Å². The molecule has 0 aliphatic heterocycles. The maximum absolute atomic E-state index is 11.8. The molecule has 3 nitrogen and oxygen atoms in total. The fourth-order valence-corrected chi connectivity index (χ4v) is 2.34. The number of rotatable bonds is 6. The van der Waals surface area contributed by atoms with Crippen molar-refractivity contribution < 1.29 is 12.6 Å². The smallest absolute Gasteiger partial charge is 0.266 e. The number of hydrogen-bond donors (Lipinski definition) is 0. The lowest BCUT2D eigenvalue weighted by Crippen LogP contribution is -2.07. The summed E-state index contributed by atoms with van der Waals surface area (Å²) in [5.41, 5.74) is 1.12. The molecule has 0 N–H and O–H groups in total. The lowest BCUT2D eigenvalue weighted by Gasteiger charge is -2.08. The van der Waals surface area contributed by atoms with Crippen molar-refractivity contribution in [1.82, 2.24) is 0 Å². The van der Waals surface area contributed by atoms with Gasteiger partial charge in [0, 0.05) is 0 Å². The van der Waals surface area contributed by atoms with Crippen LogP contribution in [0.4, 0.5) is 0 Å². The third-order valence-corrected chi connectivity index (χ3v) is 3.90. The van der Waals surface area contributed by atoms with Crippen LogP contribution in [0.3, 0.4) is 0 Å². The van der Waals surface area contributed by atoms with Gasteiger partial charge in [0.15, 0.2) is 0 Å². The van der Waals surface area contributed by atoms with Crippen molar-refractivity contribution in [1.29, 1.82) is 0 Å². The normalized spacial score (nSPS) is 12.0. The van der Waals surface area contributed by atoms with Gasteiger partial charge in [-0.05, 0) is 30.0 Å². The summed E-state index contributed by atoms with van der Waals surface area (Å²) in [6.07, 6.45) is 1.67. The zero-order valence-electron chi connectivity index (χ0n) is 10.6. The summed E-state index contributed by atoms with van der Waals surface area (Å²) >= 11 is 0. The molecular formula is C13H20O3S. The second-order valence-corrected chi connectivity index (χ2v) is 5.97. The maximum Gasteiger partial charge on any atom is 0.296 e. The van der Waals surface area contributed by atoms with E-state index in [9.17, 15) is 8.42 Å². The third kappa shape index (κ3) is 4.13. The van der Waals surface area contributed by atoms with Crippen molar-refractivity contribution in [3.8, 4) is 0 Å². The Morgan fingerprint density at radius 3 is 2.24 bits per heavy atom. The van der Waals surface area contributed by atoms with Crippen LogP contribution < -0.4 is 0 Å². The Kier molecular flexibility index (Phi) is 5.15. The molecule has 0 aliphatic carbocycles. The zero-order valence-corrected chi connectivity index (χ0v) is 11.5. The Morgan fingerprint density at radius 2 is 1.76 bits per heavy atom. The molecule has 1 aromatic carbocycles. The summed E-state index contributed by atoms with van der Waals surface area (Å²) in [5, 5.41) is 0. The van der Waals surface area contributed by atoms with Crippen LogP contribution in [0.1, 0.15) is 45.1 Å². The van der Waals surface area contributed by atoms with Gasteiger partial charge in [0.25, 0.3) is 10.1 Å². The first-order valence-electron chi connectivity index (χ1n) is 5.96. The maximum atomic E-state index is 11.8. The summed E-state index contributed by atoms with van der Waals surface area (Å²) in [6, 6.07) is 6.88. The lowest BCUT2D eigenvalue weighted by molar-refractivity contribution is 0.311. The predicted octanol–water partition coefficient (Wildman–Crippen LogP) is 3.32. The minimum Gasteiger partial charge on any atom is -0.266 e. The quantitative estimate of drug-likeness (QED) is 0.579. The Hall–Kier alpha value is -0.870. The molecule has 0 aliphatic rings. The van der Waals surface area contributed by atoms with Gasteiger partial charge in [-0.3, -0.25) is 4.18 Å². The molecule has 0 amide bonds. The van der Waals surface area contributed by atoms with Gasteiger partial charge in [0.1, 0.15) is 0 Å². The van der Waals surface area contributed by atoms with Gasteiger partial charge in [-0.15, -0.1) is 0 Å². The number of benzene rings is 1. The van der Waals surface area contributed by atoms with E-state index in [1.165, 1.54) is 0 Å². The highest BCUT2D eigenvalue weighted by Crippen LogP contribution is 2.18. The van der Waals surface area contributed by atoms with Crippen LogP contribution in [-0.4, -0.2) is 15.0 Å². The highest BCUT2D eigenvalue weighted by atomic mass is 32.2. The van der Waals surface area contributed by atoms with E-state index < -0.39 is 10.1 Å². The summed E-state index contributed by atoms with van der Waals surface area (Å²) in [4.78, 5) is 0.234. The van der Waals surface area contributed by atoms with E-state index in [4.69, 9.17) is 4.18 Å². The molecule has 0 fully saturated rings. The standard InChI is InChI=1S/C13H20O3S/c1-4-5-10-16-17(14,15)13-8-6-12(7-9-13)11(2)3/h6-9,11H,4-5,10H2,1-3H3. The second-order valence-electron chi connectivity index (χ2n) is 4.35. The minimum absolute atomic E-state index is 0.234. The van der Waals surface area contributed by atoms with Gasteiger partial charge in [-0.25, -0.2) is 0 Å². The van der Waals surface area contributed by atoms with E-state index in [-0.39, 0.29) is 11.5 Å². The molecule has 0 saturated carbocycles. The van der Waals surface area contributed by atoms with Crippen molar-refractivity contribution in [3.63, 3.8) is 0 Å². The predicted molar refractivity (Wildman–Crippen MR) is 68.6 cm³/mol. The number of hydrogen-bond acceptors (Lipinski definition) is 3. The van der Waals surface area contributed by atoms with Crippen molar-refractivity contribution >= 4 is 10.1 Å². The fraction of sp³-hybridized carbons (Fsp3) is 0.538. The highest BCUT2D eigenvalue weighted by molar-refractivity contribution is 7.86. The van der Waals surface area contributed by atoms with Crippen LogP contribution in [0.5, 0.6) is 0 Å². The molecule has 4 heteroatoms. The fourth-order valence-electron chi connectivity index (χ4n) is 1.40. The summed E-state index contributed by atoms with van der Waals surface area (Å²) in [5.74, 6) is 0.396. The molecule has 17 heavy (non-hydrogen) atoms. The molecule has 0 radical (unpaired) electrons. The van der Waals surface area contributed by atoms with Crippen molar-refractivity contribution in [3.05, 3.63) is 29.8 Å². The van der Waals surface area contributed by atoms with Crippen LogP contribution in [0.15, 0.2) is 29.2 Å². The molecule has 0 saturated heterocycles. The molecule has 0 heterocycles. The van der Waals surface area contributed by atoms with E-state index >= 15 is 0 Å². The van der Waals surface area contributed by atoms with Gasteiger partial charge in [0.2, 0.25) is 0 Å². The second kappa shape index (κ2) is 6.17. The van der Waals surface area contributed by atoms with Crippen LogP contribution in [0, 0.1) is 0 Å². The minimum atomic E-state index is -3.57. The number of unbranched alkanes of at least 4 members (excludes halogenated alkanes) is 1. The van der Waals surface area contributed by atoms with Crippen molar-refractivity contribution in [2.45, 2.75) is 44.4 Å². The molecule has 0 unspecified atom stereocenters. The SMILES string of the molecule is CCCCOS(=O)(=O)c1ccc(C(C)C)cc1. The average molecular weight is 256 g/mol.